The summed E-state index contributed by atoms with van der Waals surface area (Å²) in [5.41, 5.74) is 0. The number of hydrogen-bond donors (Lipinski definition) is 1. The third-order valence-corrected chi connectivity index (χ3v) is 6.93. The van der Waals surface area contributed by atoms with Crippen molar-refractivity contribution in [2.75, 3.05) is 20.0 Å². The largest absolute Gasteiger partial charge is 0.398 e. The van der Waals surface area contributed by atoms with E-state index in [0.29, 0.717) is 0 Å². The van der Waals surface area contributed by atoms with Crippen LogP contribution in [0.5, 0.6) is 0 Å². The van der Waals surface area contributed by atoms with E-state index in [4.69, 9.17) is 13.6 Å². The van der Waals surface area contributed by atoms with Gasteiger partial charge < -0.3 is 13.6 Å². The van der Waals surface area contributed by atoms with Gasteiger partial charge in [-0.1, -0.05) is 6.42 Å². The molecule has 0 aromatic heterocycles. The van der Waals surface area contributed by atoms with Gasteiger partial charge in [0.2, 0.25) is 0 Å². The standard InChI is InChI=1S/C10H22O3SSi/c1-11-10-6-5-9-15(12-2,13-10)8-4-3-7-14/h10,14H,3-9H2,1-2H3. The molecule has 1 aliphatic rings. The summed E-state index contributed by atoms with van der Waals surface area (Å²) < 4.78 is 16.9. The molecule has 1 heterocycles. The predicted octanol–water partition coefficient (Wildman–Crippen LogP) is 2.57. The van der Waals surface area contributed by atoms with Crippen LogP contribution >= 0.6 is 12.6 Å². The normalized spacial score (nSPS) is 31.8. The van der Waals surface area contributed by atoms with Crippen molar-refractivity contribution >= 4 is 21.2 Å². The number of methoxy groups -OCH3 is 1. The fourth-order valence-electron chi connectivity index (χ4n) is 2.00. The van der Waals surface area contributed by atoms with Gasteiger partial charge in [0.25, 0.3) is 0 Å². The van der Waals surface area contributed by atoms with Crippen molar-refractivity contribution in [3.05, 3.63) is 0 Å². The van der Waals surface area contributed by atoms with Crippen LogP contribution in [0, 0.1) is 0 Å². The van der Waals surface area contributed by atoms with E-state index in [1.165, 1.54) is 6.42 Å². The second-order valence-corrected chi connectivity index (χ2v) is 7.88. The van der Waals surface area contributed by atoms with E-state index in [2.05, 4.69) is 12.6 Å². The summed E-state index contributed by atoms with van der Waals surface area (Å²) in [6, 6.07) is 2.18. The second kappa shape index (κ2) is 6.91. The Hall–Kier alpha value is 0.447. The van der Waals surface area contributed by atoms with E-state index in [1.807, 2.05) is 0 Å². The lowest BCUT2D eigenvalue weighted by Crippen LogP contribution is -2.47. The highest BCUT2D eigenvalue weighted by Gasteiger charge is 2.41. The minimum atomic E-state index is -1.94. The maximum Gasteiger partial charge on any atom is 0.339 e. The topological polar surface area (TPSA) is 27.7 Å². The molecule has 15 heavy (non-hydrogen) atoms. The van der Waals surface area contributed by atoms with Crippen LogP contribution in [0.4, 0.5) is 0 Å². The molecule has 1 fully saturated rings. The third-order valence-electron chi connectivity index (χ3n) is 2.94. The second-order valence-electron chi connectivity index (χ2n) is 3.97. The van der Waals surface area contributed by atoms with Crippen molar-refractivity contribution in [1.29, 1.82) is 0 Å². The van der Waals surface area contributed by atoms with Crippen LogP contribution in [0.2, 0.25) is 12.1 Å². The Morgan fingerprint density at radius 2 is 2.20 bits per heavy atom. The molecule has 3 nitrogen and oxygen atoms in total. The zero-order valence-corrected chi connectivity index (χ0v) is 11.6. The van der Waals surface area contributed by atoms with Crippen molar-refractivity contribution in [2.45, 2.75) is 44.1 Å². The van der Waals surface area contributed by atoms with E-state index in [0.717, 1.165) is 37.1 Å². The maximum absolute atomic E-state index is 5.99. The van der Waals surface area contributed by atoms with E-state index in [1.54, 1.807) is 14.2 Å². The van der Waals surface area contributed by atoms with Crippen molar-refractivity contribution in [2.24, 2.45) is 0 Å². The van der Waals surface area contributed by atoms with E-state index < -0.39 is 8.56 Å². The molecule has 0 aromatic rings. The first-order valence-electron chi connectivity index (χ1n) is 5.63. The molecule has 1 aliphatic heterocycles. The molecular weight excluding hydrogens is 228 g/mol. The Morgan fingerprint density at radius 1 is 1.40 bits per heavy atom. The Kier molecular flexibility index (Phi) is 6.22. The monoisotopic (exact) mass is 250 g/mol. The molecule has 0 spiro atoms. The van der Waals surface area contributed by atoms with Gasteiger partial charge >= 0.3 is 8.56 Å². The number of unbranched alkanes of at least 4 members (excludes halogenated alkanes) is 1. The lowest BCUT2D eigenvalue weighted by atomic mass is 10.3. The van der Waals surface area contributed by atoms with Crippen molar-refractivity contribution in [1.82, 2.24) is 0 Å². The van der Waals surface area contributed by atoms with Crippen LogP contribution in [0.25, 0.3) is 0 Å². The summed E-state index contributed by atoms with van der Waals surface area (Å²) >= 11 is 4.22. The molecule has 0 radical (unpaired) electrons. The summed E-state index contributed by atoms with van der Waals surface area (Å²) in [5, 5.41) is 0. The summed E-state index contributed by atoms with van der Waals surface area (Å²) in [5.74, 6) is 0.946. The van der Waals surface area contributed by atoms with Gasteiger partial charge in [0.1, 0.15) is 6.29 Å². The average molecular weight is 250 g/mol. The van der Waals surface area contributed by atoms with Gasteiger partial charge in [-0.05, 0) is 37.1 Å². The van der Waals surface area contributed by atoms with Crippen LogP contribution in [-0.4, -0.2) is 34.8 Å². The highest BCUT2D eigenvalue weighted by molar-refractivity contribution is 7.80. The quantitative estimate of drug-likeness (QED) is 0.446. The molecular formula is C10H22O3SSi. The van der Waals surface area contributed by atoms with Gasteiger partial charge in [-0.25, -0.2) is 0 Å². The molecule has 0 aliphatic carbocycles. The molecule has 0 N–H and O–H groups in total. The summed E-state index contributed by atoms with van der Waals surface area (Å²) in [4.78, 5) is 0. The Morgan fingerprint density at radius 3 is 2.80 bits per heavy atom. The van der Waals surface area contributed by atoms with Crippen LogP contribution < -0.4 is 0 Å². The zero-order chi connectivity index (χ0) is 11.1. The highest BCUT2D eigenvalue weighted by atomic mass is 32.1. The van der Waals surface area contributed by atoms with Crippen LogP contribution in [-0.2, 0) is 13.6 Å². The van der Waals surface area contributed by atoms with E-state index in [-0.39, 0.29) is 6.29 Å². The Bertz CT molecular complexity index is 182. The van der Waals surface area contributed by atoms with E-state index in [9.17, 15) is 0 Å². The first-order valence-corrected chi connectivity index (χ1v) is 8.49. The summed E-state index contributed by atoms with van der Waals surface area (Å²) in [6.07, 6.45) is 4.42. The highest BCUT2D eigenvalue weighted by Crippen LogP contribution is 2.31. The van der Waals surface area contributed by atoms with Gasteiger partial charge in [0, 0.05) is 14.2 Å². The molecule has 1 rings (SSSR count). The molecule has 2 atom stereocenters. The van der Waals surface area contributed by atoms with Crippen molar-refractivity contribution in [3.63, 3.8) is 0 Å². The third kappa shape index (κ3) is 4.07. The number of thiol groups is 1. The first kappa shape index (κ1) is 13.5. The molecule has 2 unspecified atom stereocenters. The number of hydrogen-bond acceptors (Lipinski definition) is 4. The predicted molar refractivity (Wildman–Crippen MR) is 66.6 cm³/mol. The SMILES string of the molecule is COC1CCC[Si](CCCCS)(OC)O1. The zero-order valence-electron chi connectivity index (χ0n) is 9.70. The summed E-state index contributed by atoms with van der Waals surface area (Å²) in [7, 11) is 1.55. The molecule has 0 aromatic carbocycles. The van der Waals surface area contributed by atoms with Crippen LogP contribution in [0.15, 0.2) is 0 Å². The molecule has 90 valence electrons. The van der Waals surface area contributed by atoms with Gasteiger partial charge in [-0.3, -0.25) is 0 Å². The van der Waals surface area contributed by atoms with Gasteiger partial charge in [-0.15, -0.1) is 0 Å². The Balaban J connectivity index is 2.43. The molecule has 0 bridgehead atoms. The van der Waals surface area contributed by atoms with Crippen molar-refractivity contribution < 1.29 is 13.6 Å². The summed E-state index contributed by atoms with van der Waals surface area (Å²) in [6.45, 7) is 0. The maximum atomic E-state index is 5.99. The van der Waals surface area contributed by atoms with Crippen molar-refractivity contribution in [3.8, 4) is 0 Å². The molecule has 0 amide bonds. The van der Waals surface area contributed by atoms with Crippen LogP contribution in [0.3, 0.4) is 0 Å². The van der Waals surface area contributed by atoms with Gasteiger partial charge in [0.15, 0.2) is 0 Å². The fourth-order valence-corrected chi connectivity index (χ4v) is 5.44. The molecule has 1 saturated heterocycles. The van der Waals surface area contributed by atoms with Gasteiger partial charge in [-0.2, -0.15) is 12.6 Å². The Labute approximate surface area is 99.1 Å². The lowest BCUT2D eigenvalue weighted by Gasteiger charge is -2.37. The number of rotatable bonds is 6. The smallest absolute Gasteiger partial charge is 0.339 e. The number of ether oxygens (including phenoxy) is 1. The lowest BCUT2D eigenvalue weighted by molar-refractivity contribution is -0.0898. The first-order chi connectivity index (χ1) is 7.26. The molecule has 5 heteroatoms. The minimum Gasteiger partial charge on any atom is -0.398 e. The average Bonchev–Trinajstić information content (AvgIpc) is 2.30. The fraction of sp³-hybridized carbons (Fsp3) is 1.00. The molecule has 0 saturated carbocycles. The van der Waals surface area contributed by atoms with Gasteiger partial charge in [0.05, 0.1) is 0 Å². The van der Waals surface area contributed by atoms with Crippen LogP contribution in [0.1, 0.15) is 25.7 Å². The van der Waals surface area contributed by atoms with E-state index >= 15 is 0 Å². The minimum absolute atomic E-state index is 0.0404.